The first kappa shape index (κ1) is 32.2. The van der Waals surface area contributed by atoms with E-state index in [-0.39, 0.29) is 30.7 Å². The number of aryl methyl sites for hydroxylation is 3. The Balaban J connectivity index is 1.99. The normalized spacial score (nSPS) is 14.7. The zero-order valence-electron chi connectivity index (χ0n) is 26.1. The van der Waals surface area contributed by atoms with Crippen molar-refractivity contribution in [3.05, 3.63) is 68.3 Å². The summed E-state index contributed by atoms with van der Waals surface area (Å²) >= 11 is 7.08. The molecule has 2 aliphatic rings. The van der Waals surface area contributed by atoms with E-state index in [0.29, 0.717) is 61.6 Å². The van der Waals surface area contributed by atoms with Gasteiger partial charge in [0.05, 0.1) is 45.5 Å². The number of nitrogens with zero attached hydrogens (tertiary/aromatic N) is 2. The highest BCUT2D eigenvalue weighted by Gasteiger charge is 2.26. The Kier molecular flexibility index (Phi) is 8.77. The second kappa shape index (κ2) is 12.3. The van der Waals surface area contributed by atoms with Crippen molar-refractivity contribution in [1.29, 1.82) is 0 Å². The number of hydrogen-bond acceptors (Lipinski definition) is 6. The number of aliphatic hydroxyl groups is 2. The summed E-state index contributed by atoms with van der Waals surface area (Å²) < 4.78 is 0. The largest absolute Gasteiger partial charge is 0.481 e. The van der Waals surface area contributed by atoms with Crippen LogP contribution < -0.4 is 0 Å². The Labute approximate surface area is 265 Å². The molecule has 3 aromatic heterocycles. The summed E-state index contributed by atoms with van der Waals surface area (Å²) in [6.07, 6.45) is -1.39. The number of hydrogen-bond donors (Lipinski definition) is 6. The van der Waals surface area contributed by atoms with E-state index in [9.17, 15) is 30.0 Å². The van der Waals surface area contributed by atoms with Gasteiger partial charge in [0, 0.05) is 40.5 Å². The summed E-state index contributed by atoms with van der Waals surface area (Å²) in [5, 5.41) is 40.9. The van der Waals surface area contributed by atoms with E-state index in [1.165, 1.54) is 0 Å². The van der Waals surface area contributed by atoms with Gasteiger partial charge in [-0.05, 0) is 106 Å². The van der Waals surface area contributed by atoms with E-state index in [1.54, 1.807) is 13.8 Å². The Bertz CT molecular complexity index is 1980. The summed E-state index contributed by atoms with van der Waals surface area (Å²) in [5.41, 5.74) is 10.6. The number of carboxylic acid groups (broad SMARTS) is 2. The maximum atomic E-state index is 11.6. The van der Waals surface area contributed by atoms with Crippen LogP contribution in [-0.4, -0.2) is 58.4 Å². The highest BCUT2D eigenvalue weighted by Crippen LogP contribution is 2.40. The Hall–Kier alpha value is -4.25. The minimum Gasteiger partial charge on any atom is -0.481 e. The van der Waals surface area contributed by atoms with Crippen LogP contribution in [0.1, 0.15) is 98.1 Å². The highest BCUT2D eigenvalue weighted by molar-refractivity contribution is 6.36. The molecule has 11 heteroatoms. The molecule has 2 unspecified atom stereocenters. The third kappa shape index (κ3) is 5.93. The summed E-state index contributed by atoms with van der Waals surface area (Å²) in [7, 11) is 0. The van der Waals surface area contributed by atoms with Crippen molar-refractivity contribution < 1.29 is 30.0 Å². The molecule has 6 N–H and O–H groups in total. The molecule has 3 aromatic rings. The van der Waals surface area contributed by atoms with Crippen LogP contribution >= 0.6 is 11.6 Å². The number of nitrogens with one attached hydrogen (secondary N) is 2. The van der Waals surface area contributed by atoms with E-state index in [0.717, 1.165) is 27.8 Å². The predicted octanol–water partition coefficient (Wildman–Crippen LogP) is 6.76. The van der Waals surface area contributed by atoms with Crippen LogP contribution in [0, 0.1) is 13.8 Å². The van der Waals surface area contributed by atoms with Crippen molar-refractivity contribution in [2.75, 3.05) is 0 Å². The molecule has 0 spiro atoms. The molecule has 2 atom stereocenters. The van der Waals surface area contributed by atoms with Gasteiger partial charge in [-0.1, -0.05) is 11.6 Å². The van der Waals surface area contributed by atoms with E-state index >= 15 is 0 Å². The van der Waals surface area contributed by atoms with Crippen LogP contribution in [0.5, 0.6) is 0 Å². The Morgan fingerprint density at radius 1 is 0.778 bits per heavy atom. The lowest BCUT2D eigenvalue weighted by Gasteiger charge is -2.08. The van der Waals surface area contributed by atoms with Gasteiger partial charge in [0.25, 0.3) is 0 Å². The second-order valence-electron chi connectivity index (χ2n) is 11.8. The van der Waals surface area contributed by atoms with Gasteiger partial charge in [-0.3, -0.25) is 9.59 Å². The van der Waals surface area contributed by atoms with Crippen LogP contribution in [0.15, 0.2) is 18.2 Å². The molecule has 0 fully saturated rings. The smallest absolute Gasteiger partial charge is 0.303 e. The molecule has 0 aliphatic carbocycles. The summed E-state index contributed by atoms with van der Waals surface area (Å²) in [5.74, 6) is -1.86. The number of rotatable bonds is 8. The maximum absolute atomic E-state index is 11.6. The fraction of sp³-hybridized carbons (Fsp3) is 0.353. The molecule has 2 aliphatic heterocycles. The minimum atomic E-state index is -0.928. The first-order valence-corrected chi connectivity index (χ1v) is 15.2. The Morgan fingerprint density at radius 2 is 1.38 bits per heavy atom. The van der Waals surface area contributed by atoms with Gasteiger partial charge in [0.2, 0.25) is 0 Å². The van der Waals surface area contributed by atoms with Gasteiger partial charge in [0.1, 0.15) is 0 Å². The number of carbonyl (C=O) groups is 2. The number of aliphatic carboxylic acids is 2. The van der Waals surface area contributed by atoms with Crippen molar-refractivity contribution >= 4 is 67.9 Å². The van der Waals surface area contributed by atoms with E-state index in [2.05, 4.69) is 9.97 Å². The highest BCUT2D eigenvalue weighted by atomic mass is 35.5. The van der Waals surface area contributed by atoms with Gasteiger partial charge in [-0.15, -0.1) is 0 Å². The van der Waals surface area contributed by atoms with Crippen LogP contribution in [0.25, 0.3) is 44.4 Å². The van der Waals surface area contributed by atoms with E-state index in [4.69, 9.17) is 21.6 Å². The summed E-state index contributed by atoms with van der Waals surface area (Å²) in [6.45, 7) is 10.8. The number of carboxylic acids is 2. The molecule has 0 saturated carbocycles. The molecule has 236 valence electrons. The number of halogens is 1. The average Bonchev–Trinajstić information content (AvgIpc) is 3.63. The molecule has 0 radical (unpaired) electrons. The molecule has 0 saturated heterocycles. The first-order valence-electron chi connectivity index (χ1n) is 14.8. The minimum absolute atomic E-state index is 0.0848. The number of H-pyrrole nitrogens is 2. The molecule has 0 aromatic carbocycles. The van der Waals surface area contributed by atoms with E-state index < -0.39 is 24.1 Å². The molecule has 10 nitrogen and oxygen atoms in total. The predicted molar refractivity (Wildman–Crippen MR) is 176 cm³/mol. The van der Waals surface area contributed by atoms with Gasteiger partial charge >= 0.3 is 11.9 Å². The molecule has 0 amide bonds. The third-order valence-corrected chi connectivity index (χ3v) is 9.09. The third-order valence-electron chi connectivity index (χ3n) is 8.73. The summed E-state index contributed by atoms with van der Waals surface area (Å²) in [4.78, 5) is 39.8. The lowest BCUT2D eigenvalue weighted by atomic mass is 9.99. The summed E-state index contributed by atoms with van der Waals surface area (Å²) in [6, 6.07) is 5.53. The van der Waals surface area contributed by atoms with Crippen molar-refractivity contribution in [2.45, 2.75) is 79.4 Å². The molecule has 45 heavy (non-hydrogen) atoms. The topological polar surface area (TPSA) is 172 Å². The average molecular weight is 633 g/mol. The van der Waals surface area contributed by atoms with E-state index in [1.807, 2.05) is 45.9 Å². The SMILES string of the molecule is CC1=C(CCC(=O)O)c2cc3[nH]c(cc4nc(c(Cl)c5[nH]c(cc1n2)c(C)c5C(C)O)C(C)=C4C(C)O)c(C)c3CCC(=O)O. The number of allylic oxidation sites excluding steroid dienone is 3. The molecular formula is C34H37ClN4O6. The van der Waals surface area contributed by atoms with Crippen molar-refractivity contribution in [1.82, 2.24) is 19.9 Å². The fourth-order valence-corrected chi connectivity index (χ4v) is 6.70. The van der Waals surface area contributed by atoms with Gasteiger partial charge in [-0.2, -0.15) is 0 Å². The zero-order chi connectivity index (χ0) is 32.9. The monoisotopic (exact) mass is 632 g/mol. The van der Waals surface area contributed by atoms with Crippen LogP contribution in [0.3, 0.4) is 0 Å². The van der Waals surface area contributed by atoms with Crippen molar-refractivity contribution in [3.63, 3.8) is 0 Å². The van der Waals surface area contributed by atoms with Gasteiger partial charge in [0.15, 0.2) is 0 Å². The lowest BCUT2D eigenvalue weighted by molar-refractivity contribution is -0.137. The number of aromatic amines is 2. The first-order chi connectivity index (χ1) is 21.2. The van der Waals surface area contributed by atoms with Crippen molar-refractivity contribution in [2.24, 2.45) is 0 Å². The number of aliphatic hydroxyl groups excluding tert-OH is 2. The molecule has 5 heterocycles. The number of fused-ring (bicyclic) bond motifs is 8. The van der Waals surface area contributed by atoms with Crippen LogP contribution in [0.4, 0.5) is 0 Å². The molecular weight excluding hydrogens is 596 g/mol. The quantitative estimate of drug-likeness (QED) is 0.158. The zero-order valence-corrected chi connectivity index (χ0v) is 26.8. The molecule has 8 bridgehead atoms. The van der Waals surface area contributed by atoms with Crippen molar-refractivity contribution in [3.8, 4) is 0 Å². The lowest BCUT2D eigenvalue weighted by Crippen LogP contribution is -2.03. The standard InChI is InChI=1S/C34H37ClN4O6/c1-14-20(7-9-28(42)43)25-13-26-21(8-10-29(44)45)15(2)23(37-26)12-27-30(18(5)40)17(4)33(39-27)32(35)34-31(19(6)41)16(3)24(38-34)11-22(14)36-25/h11-13,18-19,37-38,40-41H,7-10H2,1-6H3,(H,42,43)(H,44,45). The van der Waals surface area contributed by atoms with Gasteiger partial charge < -0.3 is 30.4 Å². The maximum Gasteiger partial charge on any atom is 0.303 e. The second-order valence-corrected chi connectivity index (χ2v) is 12.1. The van der Waals surface area contributed by atoms with Crippen LogP contribution in [0.2, 0.25) is 5.02 Å². The Morgan fingerprint density at radius 3 is 2.00 bits per heavy atom. The molecule has 5 rings (SSSR count). The van der Waals surface area contributed by atoms with Gasteiger partial charge in [-0.25, -0.2) is 9.97 Å². The fourth-order valence-electron chi connectivity index (χ4n) is 6.37. The van der Waals surface area contributed by atoms with Crippen LogP contribution in [-0.2, 0) is 16.0 Å². The number of aromatic nitrogens is 4.